The number of benzene rings is 1. The maximum atomic E-state index is 11.2. The van der Waals surface area contributed by atoms with Gasteiger partial charge in [-0.1, -0.05) is 19.3 Å². The molecule has 1 fully saturated rings. The lowest BCUT2D eigenvalue weighted by Gasteiger charge is -2.19. The standard InChI is InChI=1S/C23H34O6/c1-22(2,20(26)27)12-7-5-9-17-16(18(24)10-11-19(17)25)8-4-3-6-13-23(14-15-23)21(28)29/h10-11,24-25H,3-9,12-15H2,1-2H3,(H,26,27)(H,28,29). The summed E-state index contributed by atoms with van der Waals surface area (Å²) < 4.78 is 0. The van der Waals surface area contributed by atoms with Crippen molar-refractivity contribution >= 4 is 11.9 Å². The molecule has 6 nitrogen and oxygen atoms in total. The van der Waals surface area contributed by atoms with E-state index in [4.69, 9.17) is 0 Å². The third-order valence-electron chi connectivity index (χ3n) is 6.33. The van der Waals surface area contributed by atoms with Crippen LogP contribution in [0.1, 0.15) is 82.8 Å². The topological polar surface area (TPSA) is 115 Å². The molecule has 0 heterocycles. The van der Waals surface area contributed by atoms with Crippen LogP contribution >= 0.6 is 0 Å². The fraction of sp³-hybridized carbons (Fsp3) is 0.652. The molecule has 0 radical (unpaired) electrons. The van der Waals surface area contributed by atoms with E-state index in [9.17, 15) is 30.0 Å². The molecule has 1 aliphatic carbocycles. The van der Waals surface area contributed by atoms with Crippen LogP contribution < -0.4 is 0 Å². The molecule has 0 aliphatic heterocycles. The summed E-state index contributed by atoms with van der Waals surface area (Å²) in [5.74, 6) is -1.16. The lowest BCUT2D eigenvalue weighted by Crippen LogP contribution is -2.23. The predicted octanol–water partition coefficient (Wildman–Crippen LogP) is 4.89. The van der Waals surface area contributed by atoms with Crippen molar-refractivity contribution in [2.45, 2.75) is 84.5 Å². The molecule has 1 aromatic rings. The molecule has 2 rings (SSSR count). The van der Waals surface area contributed by atoms with Gasteiger partial charge in [-0.25, -0.2) is 0 Å². The molecule has 6 heteroatoms. The molecule has 29 heavy (non-hydrogen) atoms. The Morgan fingerprint density at radius 3 is 1.86 bits per heavy atom. The van der Waals surface area contributed by atoms with Crippen LogP contribution in [0.25, 0.3) is 0 Å². The zero-order valence-corrected chi connectivity index (χ0v) is 17.5. The van der Waals surface area contributed by atoms with E-state index in [1.807, 2.05) is 0 Å². The quantitative estimate of drug-likeness (QED) is 0.274. The first-order valence-electron chi connectivity index (χ1n) is 10.6. The third-order valence-corrected chi connectivity index (χ3v) is 6.33. The van der Waals surface area contributed by atoms with E-state index in [2.05, 4.69) is 0 Å². The number of carbonyl (C=O) groups is 2. The molecule has 0 aromatic heterocycles. The summed E-state index contributed by atoms with van der Waals surface area (Å²) in [6.07, 6.45) is 8.07. The number of carboxylic acid groups (broad SMARTS) is 2. The minimum absolute atomic E-state index is 0.165. The molecule has 0 atom stereocenters. The first-order chi connectivity index (χ1) is 13.6. The molecular formula is C23H34O6. The third kappa shape index (κ3) is 6.12. The molecule has 0 unspecified atom stereocenters. The van der Waals surface area contributed by atoms with Crippen molar-refractivity contribution in [2.24, 2.45) is 10.8 Å². The first kappa shape index (κ1) is 23.0. The van der Waals surface area contributed by atoms with Crippen LogP contribution in [0.15, 0.2) is 12.1 Å². The maximum Gasteiger partial charge on any atom is 0.309 e. The Labute approximate surface area is 172 Å². The second-order valence-corrected chi connectivity index (χ2v) is 9.10. The summed E-state index contributed by atoms with van der Waals surface area (Å²) in [6, 6.07) is 3.00. The van der Waals surface area contributed by atoms with Gasteiger partial charge in [0.2, 0.25) is 0 Å². The first-order valence-corrected chi connectivity index (χ1v) is 10.6. The molecule has 1 aromatic carbocycles. The van der Waals surface area contributed by atoms with Crippen molar-refractivity contribution in [3.05, 3.63) is 23.3 Å². The fourth-order valence-corrected chi connectivity index (χ4v) is 3.87. The van der Waals surface area contributed by atoms with E-state index in [0.717, 1.165) is 56.1 Å². The molecule has 0 spiro atoms. The van der Waals surface area contributed by atoms with Crippen LogP contribution in [-0.4, -0.2) is 32.4 Å². The van der Waals surface area contributed by atoms with Gasteiger partial charge in [0.15, 0.2) is 0 Å². The van der Waals surface area contributed by atoms with Gasteiger partial charge >= 0.3 is 11.9 Å². The number of phenolic OH excluding ortho intramolecular Hbond substituents is 2. The van der Waals surface area contributed by atoms with Gasteiger partial charge in [0.25, 0.3) is 0 Å². The van der Waals surface area contributed by atoms with Crippen molar-refractivity contribution in [1.82, 2.24) is 0 Å². The molecular weight excluding hydrogens is 372 g/mol. The van der Waals surface area contributed by atoms with E-state index < -0.39 is 22.8 Å². The van der Waals surface area contributed by atoms with Crippen LogP contribution in [-0.2, 0) is 22.4 Å². The molecule has 1 aliphatic rings. The Bertz CT molecular complexity index is 733. The Balaban J connectivity index is 1.85. The minimum Gasteiger partial charge on any atom is -0.508 e. The van der Waals surface area contributed by atoms with Crippen molar-refractivity contribution in [3.8, 4) is 11.5 Å². The summed E-state index contributed by atoms with van der Waals surface area (Å²) >= 11 is 0. The predicted molar refractivity (Wildman–Crippen MR) is 110 cm³/mol. The Kier molecular flexibility index (Phi) is 7.55. The van der Waals surface area contributed by atoms with Crippen molar-refractivity contribution in [1.29, 1.82) is 0 Å². The number of aromatic hydroxyl groups is 2. The second kappa shape index (κ2) is 9.51. The largest absolute Gasteiger partial charge is 0.508 e. The molecule has 4 N–H and O–H groups in total. The van der Waals surface area contributed by atoms with Crippen LogP contribution in [0.5, 0.6) is 11.5 Å². The highest BCUT2D eigenvalue weighted by atomic mass is 16.4. The molecule has 1 saturated carbocycles. The average molecular weight is 407 g/mol. The Hall–Kier alpha value is -2.24. The molecule has 162 valence electrons. The summed E-state index contributed by atoms with van der Waals surface area (Å²) in [7, 11) is 0. The molecule has 0 bridgehead atoms. The van der Waals surface area contributed by atoms with Crippen molar-refractivity contribution in [3.63, 3.8) is 0 Å². The number of carboxylic acids is 2. The number of rotatable bonds is 13. The van der Waals surface area contributed by atoms with Crippen molar-refractivity contribution < 1.29 is 30.0 Å². The van der Waals surface area contributed by atoms with Gasteiger partial charge in [0, 0.05) is 11.1 Å². The zero-order chi connectivity index (χ0) is 21.7. The molecule has 0 amide bonds. The van der Waals surface area contributed by atoms with Crippen LogP contribution in [0.2, 0.25) is 0 Å². The van der Waals surface area contributed by atoms with E-state index in [0.29, 0.717) is 25.7 Å². The zero-order valence-electron chi connectivity index (χ0n) is 17.5. The Morgan fingerprint density at radius 1 is 0.897 bits per heavy atom. The minimum atomic E-state index is -0.811. The van der Waals surface area contributed by atoms with Crippen LogP contribution in [0.3, 0.4) is 0 Å². The van der Waals surface area contributed by atoms with E-state index in [-0.39, 0.29) is 11.5 Å². The number of hydrogen-bond donors (Lipinski definition) is 4. The fourth-order valence-electron chi connectivity index (χ4n) is 3.87. The van der Waals surface area contributed by atoms with Gasteiger partial charge < -0.3 is 20.4 Å². The second-order valence-electron chi connectivity index (χ2n) is 9.10. The van der Waals surface area contributed by atoms with Crippen LogP contribution in [0, 0.1) is 10.8 Å². The highest BCUT2D eigenvalue weighted by molar-refractivity contribution is 5.77. The lowest BCUT2D eigenvalue weighted by atomic mass is 9.86. The molecule has 0 saturated heterocycles. The lowest BCUT2D eigenvalue weighted by molar-refractivity contribution is -0.147. The van der Waals surface area contributed by atoms with Gasteiger partial charge in [-0.2, -0.15) is 0 Å². The number of phenols is 2. The van der Waals surface area contributed by atoms with E-state index in [1.165, 1.54) is 12.1 Å². The number of unbranched alkanes of at least 4 members (excludes halogenated alkanes) is 3. The van der Waals surface area contributed by atoms with Gasteiger partial charge in [-0.3, -0.25) is 9.59 Å². The van der Waals surface area contributed by atoms with Gasteiger partial charge in [0.05, 0.1) is 10.8 Å². The van der Waals surface area contributed by atoms with Gasteiger partial charge in [-0.05, 0) is 77.3 Å². The highest BCUT2D eigenvalue weighted by Gasteiger charge is 2.49. The smallest absolute Gasteiger partial charge is 0.309 e. The maximum absolute atomic E-state index is 11.2. The van der Waals surface area contributed by atoms with Gasteiger partial charge in [0.1, 0.15) is 11.5 Å². The van der Waals surface area contributed by atoms with Crippen LogP contribution in [0.4, 0.5) is 0 Å². The summed E-state index contributed by atoms with van der Waals surface area (Å²) in [5.41, 5.74) is 0.241. The Morgan fingerprint density at radius 2 is 1.41 bits per heavy atom. The monoisotopic (exact) mass is 406 g/mol. The van der Waals surface area contributed by atoms with E-state index >= 15 is 0 Å². The summed E-state index contributed by atoms with van der Waals surface area (Å²) in [5, 5.41) is 39.0. The van der Waals surface area contributed by atoms with E-state index in [1.54, 1.807) is 13.8 Å². The van der Waals surface area contributed by atoms with Gasteiger partial charge in [-0.15, -0.1) is 0 Å². The highest BCUT2D eigenvalue weighted by Crippen LogP contribution is 2.50. The summed E-state index contributed by atoms with van der Waals surface area (Å²) in [6.45, 7) is 3.42. The number of aliphatic carboxylic acids is 2. The SMILES string of the molecule is CC(C)(CCCCc1c(O)ccc(O)c1CCCCCC1(C(=O)O)CC1)C(=O)O. The normalized spacial score (nSPS) is 15.2. The summed E-state index contributed by atoms with van der Waals surface area (Å²) in [4.78, 5) is 22.4. The number of hydrogen-bond acceptors (Lipinski definition) is 4. The average Bonchev–Trinajstić information content (AvgIpc) is 3.43. The van der Waals surface area contributed by atoms with Crippen molar-refractivity contribution in [2.75, 3.05) is 0 Å².